The van der Waals surface area contributed by atoms with Gasteiger partial charge in [-0.15, -0.1) is 0 Å². The van der Waals surface area contributed by atoms with Gasteiger partial charge in [0.2, 0.25) is 11.8 Å². The molecule has 3 heterocycles. The molecule has 1 unspecified atom stereocenters. The molecule has 1 aliphatic heterocycles. The Balaban J connectivity index is 1.11. The van der Waals surface area contributed by atoms with Crippen molar-refractivity contribution in [2.45, 2.75) is 57.3 Å². The van der Waals surface area contributed by atoms with Crippen molar-refractivity contribution in [1.29, 1.82) is 0 Å². The molecular weight excluding hydrogens is 564 g/mol. The normalized spacial score (nSPS) is 20.8. The number of halogens is 2. The molecule has 0 spiro atoms. The van der Waals surface area contributed by atoms with Gasteiger partial charge in [-0.05, 0) is 92.0 Å². The average Bonchev–Trinajstić information content (AvgIpc) is 3.96. The average molecular weight is 600 g/mol. The van der Waals surface area contributed by atoms with E-state index in [1.807, 2.05) is 31.3 Å². The molecule has 44 heavy (non-hydrogen) atoms. The van der Waals surface area contributed by atoms with Crippen LogP contribution in [0.4, 0.5) is 8.78 Å². The number of benzene rings is 1. The van der Waals surface area contributed by atoms with Gasteiger partial charge < -0.3 is 15.5 Å². The van der Waals surface area contributed by atoms with Crippen LogP contribution in [0.15, 0.2) is 54.7 Å². The molecular formula is C34H35F2N5O3. The van der Waals surface area contributed by atoms with E-state index >= 15 is 0 Å². The molecule has 10 heteroatoms. The molecule has 1 aromatic carbocycles. The summed E-state index contributed by atoms with van der Waals surface area (Å²) in [6, 6.07) is 7.58. The third-order valence-corrected chi connectivity index (χ3v) is 8.30. The van der Waals surface area contributed by atoms with Crippen LogP contribution >= 0.6 is 0 Å². The smallest absolute Gasteiger partial charge is 0.270 e. The molecule has 228 valence electrons. The first-order chi connectivity index (χ1) is 21.2. The number of hydrogen-bond acceptors (Lipinski definition) is 5. The number of pyridine rings is 2. The van der Waals surface area contributed by atoms with Crippen molar-refractivity contribution in [3.8, 4) is 0 Å². The van der Waals surface area contributed by atoms with Crippen LogP contribution in [0.2, 0.25) is 0 Å². The second kappa shape index (κ2) is 12.6. The maximum atomic E-state index is 14.6. The van der Waals surface area contributed by atoms with Gasteiger partial charge in [0, 0.05) is 18.0 Å². The SMILES string of the molecule is CC(NC(=O)[C@@H]1C[C@@H](F)CN1C(=O)CNC(=O)c1ccc2cc(F)ccc2n1)c1cc(/C=C/C2CC2)ncc1/C=C/C1CC1. The van der Waals surface area contributed by atoms with Gasteiger partial charge in [0.15, 0.2) is 0 Å². The van der Waals surface area contributed by atoms with Crippen LogP contribution in [0.25, 0.3) is 23.1 Å². The highest BCUT2D eigenvalue weighted by Gasteiger charge is 2.40. The molecule has 2 saturated carbocycles. The highest BCUT2D eigenvalue weighted by atomic mass is 19.1. The zero-order valence-electron chi connectivity index (χ0n) is 24.5. The Labute approximate surface area is 254 Å². The molecule has 2 aliphatic carbocycles. The van der Waals surface area contributed by atoms with Crippen LogP contribution in [0.3, 0.4) is 0 Å². The second-order valence-electron chi connectivity index (χ2n) is 12.0. The van der Waals surface area contributed by atoms with E-state index in [9.17, 15) is 23.2 Å². The molecule has 1 saturated heterocycles. The number of carbonyl (C=O) groups excluding carboxylic acids is 3. The van der Waals surface area contributed by atoms with Gasteiger partial charge in [-0.25, -0.2) is 13.8 Å². The fourth-order valence-corrected chi connectivity index (χ4v) is 5.42. The van der Waals surface area contributed by atoms with Crippen molar-refractivity contribution >= 4 is 40.8 Å². The van der Waals surface area contributed by atoms with Crippen molar-refractivity contribution in [3.63, 3.8) is 0 Å². The molecule has 3 amide bonds. The summed E-state index contributed by atoms with van der Waals surface area (Å²) in [6.07, 6.45) is 13.4. The van der Waals surface area contributed by atoms with Crippen LogP contribution in [0.5, 0.6) is 0 Å². The van der Waals surface area contributed by atoms with Gasteiger partial charge >= 0.3 is 0 Å². The van der Waals surface area contributed by atoms with E-state index < -0.39 is 48.3 Å². The fraction of sp³-hybridized carbons (Fsp3) is 0.382. The summed E-state index contributed by atoms with van der Waals surface area (Å²) >= 11 is 0. The van der Waals surface area contributed by atoms with Gasteiger partial charge in [0.1, 0.15) is 23.7 Å². The summed E-state index contributed by atoms with van der Waals surface area (Å²) in [4.78, 5) is 49.3. The Kier molecular flexibility index (Phi) is 8.50. The minimum atomic E-state index is -1.36. The van der Waals surface area contributed by atoms with Crippen molar-refractivity contribution < 1.29 is 23.2 Å². The number of amides is 3. The van der Waals surface area contributed by atoms with Gasteiger partial charge in [0.05, 0.1) is 30.3 Å². The first kappa shape index (κ1) is 29.6. The maximum absolute atomic E-state index is 14.6. The van der Waals surface area contributed by atoms with E-state index in [4.69, 9.17) is 0 Å². The fourth-order valence-electron chi connectivity index (χ4n) is 5.42. The third-order valence-electron chi connectivity index (χ3n) is 8.30. The van der Waals surface area contributed by atoms with Gasteiger partial charge in [-0.3, -0.25) is 19.4 Å². The van der Waals surface area contributed by atoms with Crippen molar-refractivity contribution in [2.24, 2.45) is 11.8 Å². The van der Waals surface area contributed by atoms with E-state index in [1.54, 1.807) is 6.07 Å². The van der Waals surface area contributed by atoms with Crippen LogP contribution < -0.4 is 10.6 Å². The number of allylic oxidation sites excluding steroid dienone is 2. The Morgan fingerprint density at radius 1 is 1.05 bits per heavy atom. The monoisotopic (exact) mass is 599 g/mol. The quantitative estimate of drug-likeness (QED) is 0.335. The molecule has 0 bridgehead atoms. The summed E-state index contributed by atoms with van der Waals surface area (Å²) in [5.74, 6) is -0.867. The maximum Gasteiger partial charge on any atom is 0.270 e. The van der Waals surface area contributed by atoms with Crippen LogP contribution in [0, 0.1) is 17.7 Å². The molecule has 0 radical (unpaired) electrons. The van der Waals surface area contributed by atoms with Gasteiger partial charge in [0.25, 0.3) is 5.91 Å². The molecule has 2 N–H and O–H groups in total. The number of likely N-dealkylation sites (tertiary alicyclic amines) is 1. The molecule has 3 aliphatic rings. The van der Waals surface area contributed by atoms with Gasteiger partial charge in [-0.2, -0.15) is 0 Å². The van der Waals surface area contributed by atoms with Crippen molar-refractivity contribution in [3.05, 3.63) is 83.1 Å². The number of carbonyl (C=O) groups is 3. The van der Waals surface area contributed by atoms with Crippen molar-refractivity contribution in [2.75, 3.05) is 13.1 Å². The number of fused-ring (bicyclic) bond motifs is 1. The minimum absolute atomic E-state index is 0.0556. The lowest BCUT2D eigenvalue weighted by Crippen LogP contribution is -2.49. The van der Waals surface area contributed by atoms with Crippen LogP contribution in [-0.2, 0) is 9.59 Å². The molecule has 8 nitrogen and oxygen atoms in total. The number of nitrogens with zero attached hydrogens (tertiary/aromatic N) is 3. The highest BCUT2D eigenvalue weighted by molar-refractivity contribution is 5.97. The van der Waals surface area contributed by atoms with Crippen LogP contribution in [-0.4, -0.2) is 57.9 Å². The van der Waals surface area contributed by atoms with E-state index in [0.717, 1.165) is 16.8 Å². The number of alkyl halides is 1. The minimum Gasteiger partial charge on any atom is -0.348 e. The second-order valence-corrected chi connectivity index (χ2v) is 12.0. The zero-order valence-corrected chi connectivity index (χ0v) is 24.5. The van der Waals surface area contributed by atoms with E-state index in [2.05, 4.69) is 32.8 Å². The standard InChI is InChI=1S/C34H35F2N5O3/c1-20(28-16-27(11-7-22-4-5-22)37-17-24(28)8-6-21-2-3-21)39-34(44)31-15-26(36)19-41(31)32(42)18-38-33(43)30-12-9-23-14-25(35)10-13-29(23)40-30/h6-14,16-17,20-22,26,31H,2-5,15,18-19H2,1H3,(H,38,43)(H,39,44)/b8-6+,11-7+/t20?,26-,31+/m1/s1. The van der Waals surface area contributed by atoms with E-state index in [0.29, 0.717) is 22.7 Å². The molecule has 3 aromatic rings. The first-order valence-corrected chi connectivity index (χ1v) is 15.2. The zero-order chi connectivity index (χ0) is 30.8. The molecule has 3 atom stereocenters. The lowest BCUT2D eigenvalue weighted by atomic mass is 10.0. The van der Waals surface area contributed by atoms with Gasteiger partial charge in [-0.1, -0.05) is 24.3 Å². The number of nitrogens with one attached hydrogen (secondary N) is 2. The predicted octanol–water partition coefficient (Wildman–Crippen LogP) is 5.16. The summed E-state index contributed by atoms with van der Waals surface area (Å²) in [6.45, 7) is 1.21. The Bertz CT molecular complexity index is 1650. The molecule has 2 aromatic heterocycles. The lowest BCUT2D eigenvalue weighted by molar-refractivity contribution is -0.138. The Hall–Kier alpha value is -4.47. The first-order valence-electron chi connectivity index (χ1n) is 15.2. The summed E-state index contributed by atoms with van der Waals surface area (Å²) in [5.41, 5.74) is 3.10. The molecule has 3 fully saturated rings. The number of aromatic nitrogens is 2. The summed E-state index contributed by atoms with van der Waals surface area (Å²) in [7, 11) is 0. The Morgan fingerprint density at radius 3 is 2.55 bits per heavy atom. The summed E-state index contributed by atoms with van der Waals surface area (Å²) < 4.78 is 28.0. The lowest BCUT2D eigenvalue weighted by Gasteiger charge is -2.26. The van der Waals surface area contributed by atoms with Crippen LogP contribution in [0.1, 0.15) is 72.4 Å². The van der Waals surface area contributed by atoms with E-state index in [1.165, 1.54) is 54.8 Å². The largest absolute Gasteiger partial charge is 0.348 e. The predicted molar refractivity (Wildman–Crippen MR) is 163 cm³/mol. The molecule has 6 rings (SSSR count). The Morgan fingerprint density at radius 2 is 1.80 bits per heavy atom. The third kappa shape index (κ3) is 7.18. The summed E-state index contributed by atoms with van der Waals surface area (Å²) in [5, 5.41) is 6.05. The van der Waals surface area contributed by atoms with E-state index in [-0.39, 0.29) is 18.7 Å². The number of rotatable bonds is 10. The highest BCUT2D eigenvalue weighted by Crippen LogP contribution is 2.33. The topological polar surface area (TPSA) is 104 Å². The number of hydrogen-bond donors (Lipinski definition) is 2. The van der Waals surface area contributed by atoms with Crippen molar-refractivity contribution in [1.82, 2.24) is 25.5 Å².